The predicted molar refractivity (Wildman–Crippen MR) is 119 cm³/mol. The van der Waals surface area contributed by atoms with Gasteiger partial charge in [0.1, 0.15) is 5.75 Å². The normalized spacial score (nSPS) is 11.5. The van der Waals surface area contributed by atoms with E-state index >= 15 is 0 Å². The van der Waals surface area contributed by atoms with Gasteiger partial charge < -0.3 is 14.8 Å². The number of esters is 1. The van der Waals surface area contributed by atoms with E-state index in [-0.39, 0.29) is 24.9 Å². The second-order valence-electron chi connectivity index (χ2n) is 7.11. The van der Waals surface area contributed by atoms with Crippen LogP contribution in [0.15, 0.2) is 66.9 Å². The van der Waals surface area contributed by atoms with Gasteiger partial charge in [0.2, 0.25) is 0 Å². The molecule has 0 fully saturated rings. The molecule has 6 nitrogen and oxygen atoms in total. The summed E-state index contributed by atoms with van der Waals surface area (Å²) in [6, 6.07) is 18.3. The number of nitrogens with zero attached hydrogens (tertiary/aromatic N) is 1. The smallest absolute Gasteiger partial charge is 0.308 e. The molecule has 31 heavy (non-hydrogen) atoms. The molecule has 1 aromatic heterocycles. The summed E-state index contributed by atoms with van der Waals surface area (Å²) in [5, 5.41) is 2.92. The van der Waals surface area contributed by atoms with E-state index in [9.17, 15) is 9.59 Å². The van der Waals surface area contributed by atoms with E-state index in [1.54, 1.807) is 38.4 Å². The molecule has 1 unspecified atom stereocenters. The lowest BCUT2D eigenvalue weighted by atomic mass is 10.0. The Balaban J connectivity index is 1.77. The summed E-state index contributed by atoms with van der Waals surface area (Å²) in [6.45, 7) is 4.06. The molecule has 0 bridgehead atoms. The Morgan fingerprint density at radius 3 is 2.45 bits per heavy atom. The first-order valence-electron chi connectivity index (χ1n) is 10.1. The number of hydrogen-bond donors (Lipinski definition) is 1. The summed E-state index contributed by atoms with van der Waals surface area (Å²) in [6.07, 6.45) is 1.57. The highest BCUT2D eigenvalue weighted by atomic mass is 16.5. The Morgan fingerprint density at radius 1 is 1.06 bits per heavy atom. The van der Waals surface area contributed by atoms with Crippen molar-refractivity contribution in [1.82, 2.24) is 10.3 Å². The topological polar surface area (TPSA) is 77.5 Å². The van der Waals surface area contributed by atoms with Crippen molar-refractivity contribution in [1.29, 1.82) is 0 Å². The summed E-state index contributed by atoms with van der Waals surface area (Å²) >= 11 is 0. The number of aryl methyl sites for hydroxylation is 1. The molecule has 0 aliphatic heterocycles. The number of benzene rings is 2. The van der Waals surface area contributed by atoms with E-state index in [1.807, 2.05) is 49.4 Å². The van der Waals surface area contributed by atoms with Crippen LogP contribution in [0.1, 0.15) is 40.9 Å². The molecule has 3 rings (SSSR count). The summed E-state index contributed by atoms with van der Waals surface area (Å²) < 4.78 is 10.3. The summed E-state index contributed by atoms with van der Waals surface area (Å²) in [4.78, 5) is 29.4. The number of hydrogen-bond acceptors (Lipinski definition) is 5. The largest absolute Gasteiger partial charge is 0.497 e. The number of methoxy groups -OCH3 is 1. The van der Waals surface area contributed by atoms with Crippen LogP contribution >= 0.6 is 0 Å². The molecule has 0 saturated carbocycles. The fraction of sp³-hybridized carbons (Fsp3) is 0.240. The van der Waals surface area contributed by atoms with Crippen LogP contribution in [-0.2, 0) is 9.53 Å². The van der Waals surface area contributed by atoms with Crippen LogP contribution in [0.2, 0.25) is 0 Å². The maximum absolute atomic E-state index is 12.9. The number of amides is 1. The molecule has 1 heterocycles. The first-order chi connectivity index (χ1) is 15.0. The molecule has 1 amide bonds. The van der Waals surface area contributed by atoms with Gasteiger partial charge in [0.05, 0.1) is 37.4 Å². The van der Waals surface area contributed by atoms with Crippen molar-refractivity contribution in [2.45, 2.75) is 26.3 Å². The second-order valence-corrected chi connectivity index (χ2v) is 7.11. The zero-order chi connectivity index (χ0) is 22.2. The van der Waals surface area contributed by atoms with E-state index in [2.05, 4.69) is 10.3 Å². The van der Waals surface area contributed by atoms with Crippen LogP contribution in [0.5, 0.6) is 5.75 Å². The first kappa shape index (κ1) is 22.0. The van der Waals surface area contributed by atoms with Gasteiger partial charge in [-0.1, -0.05) is 35.9 Å². The van der Waals surface area contributed by atoms with Gasteiger partial charge in [-0.25, -0.2) is 0 Å². The minimum atomic E-state index is -0.533. The Morgan fingerprint density at radius 2 is 1.84 bits per heavy atom. The molecule has 1 atom stereocenters. The van der Waals surface area contributed by atoms with Gasteiger partial charge in [-0.05, 0) is 49.7 Å². The molecule has 6 heteroatoms. The molecular weight excluding hydrogens is 392 g/mol. The molecule has 0 aliphatic rings. The van der Waals surface area contributed by atoms with Gasteiger partial charge in [-0.15, -0.1) is 0 Å². The lowest BCUT2D eigenvalue weighted by molar-refractivity contribution is -0.143. The molecule has 0 spiro atoms. The summed E-state index contributed by atoms with van der Waals surface area (Å²) in [5.41, 5.74) is 4.12. The van der Waals surface area contributed by atoms with Crippen molar-refractivity contribution in [2.75, 3.05) is 13.7 Å². The van der Waals surface area contributed by atoms with Crippen molar-refractivity contribution in [3.05, 3.63) is 83.6 Å². The fourth-order valence-electron chi connectivity index (χ4n) is 3.22. The van der Waals surface area contributed by atoms with Gasteiger partial charge in [0.15, 0.2) is 0 Å². The number of rotatable bonds is 8. The molecule has 3 aromatic rings. The zero-order valence-electron chi connectivity index (χ0n) is 17.9. The van der Waals surface area contributed by atoms with Crippen molar-refractivity contribution < 1.29 is 19.1 Å². The number of carbonyl (C=O) groups is 2. The Labute approximate surface area is 182 Å². The summed E-state index contributed by atoms with van der Waals surface area (Å²) in [7, 11) is 1.58. The quantitative estimate of drug-likeness (QED) is 0.546. The van der Waals surface area contributed by atoms with E-state index in [0.717, 1.165) is 22.4 Å². The highest BCUT2D eigenvalue weighted by Crippen LogP contribution is 2.22. The molecular formula is C25H26N2O4. The van der Waals surface area contributed by atoms with E-state index < -0.39 is 6.04 Å². The third-order valence-corrected chi connectivity index (χ3v) is 4.84. The second kappa shape index (κ2) is 10.4. The van der Waals surface area contributed by atoms with Gasteiger partial charge in [-0.2, -0.15) is 0 Å². The van der Waals surface area contributed by atoms with Crippen molar-refractivity contribution >= 4 is 11.9 Å². The van der Waals surface area contributed by atoms with E-state index in [1.165, 1.54) is 0 Å². The molecule has 2 aromatic carbocycles. The maximum Gasteiger partial charge on any atom is 0.308 e. The van der Waals surface area contributed by atoms with Crippen molar-refractivity contribution in [3.63, 3.8) is 0 Å². The third kappa shape index (κ3) is 5.92. The highest BCUT2D eigenvalue weighted by Gasteiger charge is 2.20. The van der Waals surface area contributed by atoms with Crippen LogP contribution in [0.4, 0.5) is 0 Å². The van der Waals surface area contributed by atoms with Gasteiger partial charge in [-0.3, -0.25) is 14.6 Å². The Kier molecular flexibility index (Phi) is 7.38. The SMILES string of the molecule is CCOC(=O)CC(NC(=O)c1ccc(-c2cccc(C)c2)nc1)c1ccc(OC)cc1. The number of pyridine rings is 1. The van der Waals surface area contributed by atoms with E-state index in [0.29, 0.717) is 11.3 Å². The number of carbonyl (C=O) groups excluding carboxylic acids is 2. The van der Waals surface area contributed by atoms with Crippen LogP contribution in [0.3, 0.4) is 0 Å². The van der Waals surface area contributed by atoms with E-state index in [4.69, 9.17) is 9.47 Å². The van der Waals surface area contributed by atoms with Crippen molar-refractivity contribution in [3.8, 4) is 17.0 Å². The molecule has 0 saturated heterocycles. The van der Waals surface area contributed by atoms with Gasteiger partial charge in [0.25, 0.3) is 5.91 Å². The average Bonchev–Trinajstić information content (AvgIpc) is 2.79. The first-order valence-corrected chi connectivity index (χ1v) is 10.1. The molecule has 1 N–H and O–H groups in total. The van der Waals surface area contributed by atoms with Gasteiger partial charge >= 0.3 is 5.97 Å². The number of aromatic nitrogens is 1. The van der Waals surface area contributed by atoms with Crippen LogP contribution in [-0.4, -0.2) is 30.6 Å². The molecule has 0 aliphatic carbocycles. The third-order valence-electron chi connectivity index (χ3n) is 4.84. The fourth-order valence-corrected chi connectivity index (χ4v) is 3.22. The minimum absolute atomic E-state index is 0.0285. The zero-order valence-corrected chi connectivity index (χ0v) is 17.9. The molecule has 0 radical (unpaired) electrons. The predicted octanol–water partition coefficient (Wildman–Crippen LogP) is 4.49. The van der Waals surface area contributed by atoms with Gasteiger partial charge in [0, 0.05) is 11.8 Å². The average molecular weight is 418 g/mol. The molecule has 160 valence electrons. The van der Waals surface area contributed by atoms with Crippen LogP contribution in [0, 0.1) is 6.92 Å². The Hall–Kier alpha value is -3.67. The Bertz CT molecular complexity index is 1030. The number of ether oxygens (including phenoxy) is 2. The lowest BCUT2D eigenvalue weighted by Gasteiger charge is -2.19. The van der Waals surface area contributed by atoms with Crippen LogP contribution in [0.25, 0.3) is 11.3 Å². The number of nitrogens with one attached hydrogen (secondary N) is 1. The van der Waals surface area contributed by atoms with Crippen LogP contribution < -0.4 is 10.1 Å². The van der Waals surface area contributed by atoms with Crippen molar-refractivity contribution in [2.24, 2.45) is 0 Å². The summed E-state index contributed by atoms with van der Waals surface area (Å²) in [5.74, 6) is 0.00541. The minimum Gasteiger partial charge on any atom is -0.497 e. The maximum atomic E-state index is 12.9. The highest BCUT2D eigenvalue weighted by molar-refractivity contribution is 5.94. The monoisotopic (exact) mass is 418 g/mol. The lowest BCUT2D eigenvalue weighted by Crippen LogP contribution is -2.30. The standard InChI is InChI=1S/C25H26N2O4/c1-4-31-24(28)15-23(18-8-11-21(30-3)12-9-18)27-25(29)20-10-13-22(26-16-20)19-7-5-6-17(2)14-19/h5-14,16,23H,4,15H2,1-3H3,(H,27,29).